The molecule has 0 spiro atoms. The maximum atomic E-state index is 6.03. The molecule has 0 bridgehead atoms. The van der Waals surface area contributed by atoms with Crippen LogP contribution < -0.4 is 10.1 Å². The van der Waals surface area contributed by atoms with Crippen LogP contribution in [-0.4, -0.2) is 11.0 Å². The van der Waals surface area contributed by atoms with Gasteiger partial charge in [0.05, 0.1) is 10.7 Å². The molecular weight excluding hydrogens is 280 g/mol. The summed E-state index contributed by atoms with van der Waals surface area (Å²) in [6.07, 6.45) is 0. The third kappa shape index (κ3) is 4.49. The van der Waals surface area contributed by atoms with Gasteiger partial charge in [-0.05, 0) is 12.1 Å². The predicted molar refractivity (Wildman–Crippen MR) is 79.9 cm³/mol. The molecule has 2 rings (SSSR count). The van der Waals surface area contributed by atoms with Crippen LogP contribution in [0.3, 0.4) is 0 Å². The standard InChI is InChI=1S/C14H17ClN2OS/c1-10(2)16-7-11-9-19-14(17-11)8-18-13-6-4-3-5-12(13)15/h3-6,9-10,16H,7-8H2,1-2H3. The number of nitrogens with one attached hydrogen (secondary N) is 1. The maximum Gasteiger partial charge on any atom is 0.140 e. The fraction of sp³-hybridized carbons (Fsp3) is 0.357. The van der Waals surface area contributed by atoms with Gasteiger partial charge in [0.15, 0.2) is 0 Å². The van der Waals surface area contributed by atoms with Crippen molar-refractivity contribution in [2.45, 2.75) is 33.0 Å². The minimum absolute atomic E-state index is 0.454. The molecule has 1 N–H and O–H groups in total. The highest BCUT2D eigenvalue weighted by Crippen LogP contribution is 2.24. The zero-order valence-corrected chi connectivity index (χ0v) is 12.6. The van der Waals surface area contributed by atoms with Crippen molar-refractivity contribution in [1.29, 1.82) is 0 Å². The summed E-state index contributed by atoms with van der Waals surface area (Å²) in [4.78, 5) is 4.51. The van der Waals surface area contributed by atoms with E-state index in [2.05, 4.69) is 29.5 Å². The molecule has 0 atom stereocenters. The summed E-state index contributed by atoms with van der Waals surface area (Å²) in [5.41, 5.74) is 1.05. The Kier molecular flexibility index (Phi) is 5.19. The predicted octanol–water partition coefficient (Wildman–Crippen LogP) is 3.87. The Bertz CT molecular complexity index is 528. The molecule has 1 heterocycles. The van der Waals surface area contributed by atoms with Crippen LogP contribution in [-0.2, 0) is 13.2 Å². The van der Waals surface area contributed by atoms with Crippen molar-refractivity contribution in [1.82, 2.24) is 10.3 Å². The van der Waals surface area contributed by atoms with Gasteiger partial charge in [0.2, 0.25) is 0 Å². The first-order valence-corrected chi connectivity index (χ1v) is 7.45. The quantitative estimate of drug-likeness (QED) is 0.878. The minimum atomic E-state index is 0.454. The van der Waals surface area contributed by atoms with Crippen LogP contribution in [0.1, 0.15) is 24.5 Å². The summed E-state index contributed by atoms with van der Waals surface area (Å²) < 4.78 is 5.66. The number of ether oxygens (including phenoxy) is 1. The average molecular weight is 297 g/mol. The number of hydrogen-bond donors (Lipinski definition) is 1. The van der Waals surface area contributed by atoms with Crippen molar-refractivity contribution in [2.24, 2.45) is 0 Å². The van der Waals surface area contributed by atoms with E-state index in [1.165, 1.54) is 0 Å². The Labute approximate surface area is 122 Å². The lowest BCUT2D eigenvalue weighted by atomic mass is 10.3. The van der Waals surface area contributed by atoms with Crippen LogP contribution in [0.2, 0.25) is 5.02 Å². The van der Waals surface area contributed by atoms with Gasteiger partial charge in [0.1, 0.15) is 17.4 Å². The number of aromatic nitrogens is 1. The van der Waals surface area contributed by atoms with E-state index in [0.29, 0.717) is 23.4 Å². The van der Waals surface area contributed by atoms with Crippen LogP contribution in [0.4, 0.5) is 0 Å². The molecule has 19 heavy (non-hydrogen) atoms. The lowest BCUT2D eigenvalue weighted by Crippen LogP contribution is -2.21. The van der Waals surface area contributed by atoms with E-state index < -0.39 is 0 Å². The number of hydrogen-bond acceptors (Lipinski definition) is 4. The van der Waals surface area contributed by atoms with Gasteiger partial charge in [-0.2, -0.15) is 0 Å². The molecule has 0 saturated carbocycles. The van der Waals surface area contributed by atoms with Crippen molar-refractivity contribution < 1.29 is 4.74 Å². The summed E-state index contributed by atoms with van der Waals surface area (Å²) in [6, 6.07) is 7.92. The van der Waals surface area contributed by atoms with E-state index in [1.54, 1.807) is 11.3 Å². The molecule has 0 fully saturated rings. The van der Waals surface area contributed by atoms with Crippen LogP contribution >= 0.6 is 22.9 Å². The van der Waals surface area contributed by atoms with Gasteiger partial charge in [-0.25, -0.2) is 4.98 Å². The highest BCUT2D eigenvalue weighted by atomic mass is 35.5. The van der Waals surface area contributed by atoms with Gasteiger partial charge in [-0.15, -0.1) is 11.3 Å². The zero-order valence-electron chi connectivity index (χ0n) is 11.0. The normalized spacial score (nSPS) is 10.9. The number of para-hydroxylation sites is 1. The van der Waals surface area contributed by atoms with Crippen LogP contribution in [0, 0.1) is 0 Å². The summed E-state index contributed by atoms with van der Waals surface area (Å²) in [7, 11) is 0. The first kappa shape index (κ1) is 14.3. The fourth-order valence-corrected chi connectivity index (χ4v) is 2.40. The van der Waals surface area contributed by atoms with E-state index in [-0.39, 0.29) is 0 Å². The Morgan fingerprint density at radius 1 is 1.37 bits per heavy atom. The molecule has 0 radical (unpaired) electrons. The molecule has 1 aromatic heterocycles. The highest BCUT2D eigenvalue weighted by molar-refractivity contribution is 7.09. The molecule has 3 nitrogen and oxygen atoms in total. The van der Waals surface area contributed by atoms with Crippen molar-refractivity contribution >= 4 is 22.9 Å². The summed E-state index contributed by atoms with van der Waals surface area (Å²) in [5.74, 6) is 0.696. The first-order chi connectivity index (χ1) is 9.15. The Morgan fingerprint density at radius 3 is 2.89 bits per heavy atom. The van der Waals surface area contributed by atoms with Crippen LogP contribution in [0.25, 0.3) is 0 Å². The van der Waals surface area contributed by atoms with Crippen molar-refractivity contribution in [3.63, 3.8) is 0 Å². The molecule has 0 saturated heterocycles. The molecule has 0 unspecified atom stereocenters. The second-order valence-electron chi connectivity index (χ2n) is 4.49. The lowest BCUT2D eigenvalue weighted by molar-refractivity contribution is 0.305. The van der Waals surface area contributed by atoms with Gasteiger partial charge in [0, 0.05) is 18.0 Å². The zero-order chi connectivity index (χ0) is 13.7. The maximum absolute atomic E-state index is 6.03. The Hall–Kier alpha value is -1.10. The van der Waals surface area contributed by atoms with E-state index in [4.69, 9.17) is 16.3 Å². The lowest BCUT2D eigenvalue weighted by Gasteiger charge is -2.06. The Morgan fingerprint density at radius 2 is 2.16 bits per heavy atom. The van der Waals surface area contributed by atoms with E-state index in [9.17, 15) is 0 Å². The number of halogens is 1. The van der Waals surface area contributed by atoms with Gasteiger partial charge in [-0.3, -0.25) is 0 Å². The monoisotopic (exact) mass is 296 g/mol. The van der Waals surface area contributed by atoms with Gasteiger partial charge in [0.25, 0.3) is 0 Å². The summed E-state index contributed by atoms with van der Waals surface area (Å²) in [6.45, 7) is 5.48. The van der Waals surface area contributed by atoms with E-state index in [0.717, 1.165) is 17.2 Å². The number of thiazole rings is 1. The smallest absolute Gasteiger partial charge is 0.140 e. The largest absolute Gasteiger partial charge is 0.485 e. The second kappa shape index (κ2) is 6.89. The number of rotatable bonds is 6. The van der Waals surface area contributed by atoms with Gasteiger partial charge in [-0.1, -0.05) is 37.6 Å². The van der Waals surface area contributed by atoms with Crippen LogP contribution in [0.15, 0.2) is 29.6 Å². The topological polar surface area (TPSA) is 34.1 Å². The number of benzene rings is 1. The molecular formula is C14H17ClN2OS. The SMILES string of the molecule is CC(C)NCc1csc(COc2ccccc2Cl)n1. The molecule has 0 aliphatic carbocycles. The van der Waals surface area contributed by atoms with Crippen molar-refractivity contribution in [3.8, 4) is 5.75 Å². The van der Waals surface area contributed by atoms with E-state index in [1.807, 2.05) is 24.3 Å². The van der Waals surface area contributed by atoms with E-state index >= 15 is 0 Å². The first-order valence-electron chi connectivity index (χ1n) is 6.19. The fourth-order valence-electron chi connectivity index (χ4n) is 1.51. The minimum Gasteiger partial charge on any atom is -0.485 e. The molecule has 0 aliphatic rings. The highest BCUT2D eigenvalue weighted by Gasteiger charge is 2.05. The third-order valence-electron chi connectivity index (χ3n) is 2.48. The summed E-state index contributed by atoms with van der Waals surface area (Å²) >= 11 is 7.64. The van der Waals surface area contributed by atoms with Crippen LogP contribution in [0.5, 0.6) is 5.75 Å². The molecule has 2 aromatic rings. The second-order valence-corrected chi connectivity index (χ2v) is 5.84. The summed E-state index contributed by atoms with van der Waals surface area (Å²) in [5, 5.41) is 6.98. The number of nitrogens with zero attached hydrogens (tertiary/aromatic N) is 1. The average Bonchev–Trinajstić information content (AvgIpc) is 2.83. The van der Waals surface area contributed by atoms with Gasteiger partial charge < -0.3 is 10.1 Å². The molecule has 1 aromatic carbocycles. The van der Waals surface area contributed by atoms with Crippen molar-refractivity contribution in [3.05, 3.63) is 45.4 Å². The Balaban J connectivity index is 1.88. The van der Waals surface area contributed by atoms with Gasteiger partial charge >= 0.3 is 0 Å². The third-order valence-corrected chi connectivity index (χ3v) is 3.66. The molecule has 5 heteroatoms. The molecule has 0 aliphatic heterocycles. The molecule has 102 valence electrons. The van der Waals surface area contributed by atoms with Crippen molar-refractivity contribution in [2.75, 3.05) is 0 Å². The molecule has 0 amide bonds.